The number of halogens is 2. The zero-order valence-electron chi connectivity index (χ0n) is 26.0. The summed E-state index contributed by atoms with van der Waals surface area (Å²) < 4.78 is 26.5. The highest BCUT2D eigenvalue weighted by molar-refractivity contribution is 14.1. The summed E-state index contributed by atoms with van der Waals surface area (Å²) in [4.78, 5) is 28.5. The molecule has 0 aliphatic heterocycles. The summed E-state index contributed by atoms with van der Waals surface area (Å²) in [5.74, 6) is 2.43. The number of benzene rings is 3. The third kappa shape index (κ3) is 6.22. The molecule has 0 bridgehead atoms. The van der Waals surface area contributed by atoms with E-state index in [0.717, 1.165) is 80.1 Å². The summed E-state index contributed by atoms with van der Waals surface area (Å²) in [6.45, 7) is 10.7. The van der Waals surface area contributed by atoms with Crippen molar-refractivity contribution in [1.29, 1.82) is 0 Å². The Bertz CT molecular complexity index is 1750. The predicted molar refractivity (Wildman–Crippen MR) is 198 cm³/mol. The molecule has 0 unspecified atom stereocenters. The van der Waals surface area contributed by atoms with E-state index in [1.807, 2.05) is 24.3 Å². The molecule has 0 N–H and O–H groups in total. The molecule has 0 spiro atoms. The van der Waals surface area contributed by atoms with Gasteiger partial charge in [0, 0.05) is 39.5 Å². The van der Waals surface area contributed by atoms with E-state index in [0.29, 0.717) is 71.0 Å². The second-order valence-electron chi connectivity index (χ2n) is 11.3. The molecule has 5 aromatic carbocycles. The van der Waals surface area contributed by atoms with Crippen molar-refractivity contribution < 1.29 is 18.9 Å². The number of hydrogen-bond acceptors (Lipinski definition) is 6. The highest BCUT2D eigenvalue weighted by Gasteiger charge is 2.27. The van der Waals surface area contributed by atoms with E-state index < -0.39 is 0 Å². The molecule has 0 aliphatic carbocycles. The van der Waals surface area contributed by atoms with Crippen LogP contribution in [0.1, 0.15) is 79.1 Å². The van der Waals surface area contributed by atoms with E-state index >= 15 is 0 Å². The molecule has 0 radical (unpaired) electrons. The van der Waals surface area contributed by atoms with Gasteiger partial charge in [0.25, 0.3) is 0 Å². The molecule has 0 atom stereocenters. The van der Waals surface area contributed by atoms with Gasteiger partial charge < -0.3 is 18.9 Å². The average molecular weight is 823 g/mol. The average Bonchev–Trinajstić information content (AvgIpc) is 3.46. The first-order valence-corrected chi connectivity index (χ1v) is 18.1. The van der Waals surface area contributed by atoms with E-state index in [2.05, 4.69) is 72.9 Å². The largest absolute Gasteiger partial charge is 0.490 e. The van der Waals surface area contributed by atoms with Crippen LogP contribution in [0.25, 0.3) is 43.1 Å². The van der Waals surface area contributed by atoms with Crippen molar-refractivity contribution in [1.82, 2.24) is 0 Å². The van der Waals surface area contributed by atoms with Gasteiger partial charge in [0.05, 0.1) is 26.4 Å². The highest BCUT2D eigenvalue weighted by Crippen LogP contribution is 2.44. The van der Waals surface area contributed by atoms with Crippen molar-refractivity contribution in [3.05, 3.63) is 51.9 Å². The monoisotopic (exact) mass is 822 g/mol. The van der Waals surface area contributed by atoms with Crippen LogP contribution >= 0.6 is 45.2 Å². The molecule has 0 heterocycles. The maximum absolute atomic E-state index is 14.2. The SMILES string of the molecule is CCCCOc1cc2c(=O)c3c(c(I)c(I)c4c5cc(OCCCC)c(OCCCC)cc5c(=O)c43)c2cc1OCCCC. The van der Waals surface area contributed by atoms with Crippen molar-refractivity contribution >= 4 is 88.3 Å². The first-order chi connectivity index (χ1) is 21.4. The minimum atomic E-state index is -0.152. The Balaban J connectivity index is 1.79. The van der Waals surface area contributed by atoms with E-state index in [1.165, 1.54) is 0 Å². The Morgan fingerprint density at radius 1 is 0.455 bits per heavy atom. The number of rotatable bonds is 16. The van der Waals surface area contributed by atoms with Gasteiger partial charge in [-0.05, 0) is 106 Å². The quantitative estimate of drug-likeness (QED) is 0.0730. The fraction of sp³-hybridized carbons (Fsp3) is 0.444. The smallest absolute Gasteiger partial charge is 0.195 e. The van der Waals surface area contributed by atoms with Gasteiger partial charge in [-0.15, -0.1) is 0 Å². The van der Waals surface area contributed by atoms with Crippen LogP contribution in [0.15, 0.2) is 33.9 Å². The molecule has 0 amide bonds. The third-order valence-corrected chi connectivity index (χ3v) is 11.2. The Morgan fingerprint density at radius 2 is 0.727 bits per heavy atom. The summed E-state index contributed by atoms with van der Waals surface area (Å²) in [6.07, 6.45) is 7.69. The molecule has 44 heavy (non-hydrogen) atoms. The summed E-state index contributed by atoms with van der Waals surface area (Å²) in [5, 5.41) is 5.21. The van der Waals surface area contributed by atoms with E-state index in [1.54, 1.807) is 0 Å². The van der Waals surface area contributed by atoms with E-state index in [-0.39, 0.29) is 10.9 Å². The normalized spacial score (nSPS) is 11.8. The second-order valence-corrected chi connectivity index (χ2v) is 13.4. The van der Waals surface area contributed by atoms with Crippen LogP contribution in [0.2, 0.25) is 0 Å². The predicted octanol–water partition coefficient (Wildman–Crippen LogP) is 9.82. The van der Waals surface area contributed by atoms with Crippen LogP contribution < -0.4 is 29.8 Å². The maximum atomic E-state index is 14.2. The zero-order valence-corrected chi connectivity index (χ0v) is 30.3. The molecular formula is C36H40I2O6. The van der Waals surface area contributed by atoms with Gasteiger partial charge in [-0.2, -0.15) is 0 Å². The number of hydrogen-bond donors (Lipinski definition) is 0. The molecule has 8 heteroatoms. The van der Waals surface area contributed by atoms with Crippen LogP contribution in [0.4, 0.5) is 0 Å². The summed E-state index contributed by atoms with van der Waals surface area (Å²) in [7, 11) is 0. The second kappa shape index (κ2) is 14.8. The fourth-order valence-electron chi connectivity index (χ4n) is 5.58. The summed E-state index contributed by atoms with van der Waals surface area (Å²) in [6, 6.07) is 7.50. The van der Waals surface area contributed by atoms with Crippen molar-refractivity contribution in [3.8, 4) is 23.0 Å². The lowest BCUT2D eigenvalue weighted by Crippen LogP contribution is -2.04. The van der Waals surface area contributed by atoms with Gasteiger partial charge in [0.2, 0.25) is 0 Å². The number of fused-ring (bicyclic) bond motifs is 7. The van der Waals surface area contributed by atoms with Gasteiger partial charge in [-0.25, -0.2) is 0 Å². The molecule has 0 fully saturated rings. The molecule has 0 saturated carbocycles. The summed E-state index contributed by atoms with van der Waals surface area (Å²) >= 11 is 4.65. The van der Waals surface area contributed by atoms with Gasteiger partial charge in [-0.1, -0.05) is 53.4 Å². The molecule has 0 aromatic heterocycles. The Morgan fingerprint density at radius 3 is 1.00 bits per heavy atom. The molecule has 5 aromatic rings. The molecule has 6 nitrogen and oxygen atoms in total. The van der Waals surface area contributed by atoms with Crippen LogP contribution in [-0.2, 0) is 0 Å². The van der Waals surface area contributed by atoms with Crippen LogP contribution in [0.3, 0.4) is 0 Å². The lowest BCUT2D eigenvalue weighted by Gasteiger charge is -2.13. The van der Waals surface area contributed by atoms with Gasteiger partial charge in [0.15, 0.2) is 33.9 Å². The van der Waals surface area contributed by atoms with Crippen molar-refractivity contribution in [2.45, 2.75) is 79.1 Å². The first-order valence-electron chi connectivity index (χ1n) is 15.9. The van der Waals surface area contributed by atoms with Crippen molar-refractivity contribution in [3.63, 3.8) is 0 Å². The Labute approximate surface area is 285 Å². The zero-order chi connectivity index (χ0) is 31.4. The van der Waals surface area contributed by atoms with Gasteiger partial charge >= 0.3 is 0 Å². The van der Waals surface area contributed by atoms with Gasteiger partial charge in [0.1, 0.15) is 0 Å². The maximum Gasteiger partial charge on any atom is 0.195 e. The van der Waals surface area contributed by atoms with Crippen molar-refractivity contribution in [2.75, 3.05) is 26.4 Å². The van der Waals surface area contributed by atoms with E-state index in [4.69, 9.17) is 18.9 Å². The van der Waals surface area contributed by atoms with E-state index in [9.17, 15) is 9.59 Å². The highest BCUT2D eigenvalue weighted by atomic mass is 127. The summed E-state index contributed by atoms with van der Waals surface area (Å²) in [5.41, 5.74) is -0.304. The third-order valence-electron chi connectivity index (χ3n) is 8.05. The van der Waals surface area contributed by atoms with Crippen LogP contribution in [0, 0.1) is 7.14 Å². The fourth-order valence-corrected chi connectivity index (χ4v) is 7.24. The number of ether oxygens (including phenoxy) is 4. The standard InChI is InChI=1S/C36H40I2O6/c1-5-9-13-41-25-17-21-23(19-27(25)43-15-11-7-3)35(39)31-29(21)33(37)34(38)30-22-18-26(42-14-10-6-2)28(44-16-12-8-4)20-24(22)36(40)32(30)31/h17-20H,5-16H2,1-4H3. The molecule has 234 valence electrons. The lowest BCUT2D eigenvalue weighted by molar-refractivity contribution is 0.262. The minimum Gasteiger partial charge on any atom is -0.490 e. The number of unbranched alkanes of at least 4 members (excludes halogenated alkanes) is 4. The van der Waals surface area contributed by atoms with Crippen LogP contribution in [-0.4, -0.2) is 26.4 Å². The molecule has 0 saturated heterocycles. The van der Waals surface area contributed by atoms with Crippen molar-refractivity contribution in [2.24, 2.45) is 0 Å². The Kier molecular flexibility index (Phi) is 11.1. The molecule has 0 aliphatic rings. The van der Waals surface area contributed by atoms with Gasteiger partial charge in [-0.3, -0.25) is 9.59 Å². The Hall–Kier alpha value is -2.34. The molecule has 5 rings (SSSR count). The minimum absolute atomic E-state index is 0.152. The molecular weight excluding hydrogens is 782 g/mol. The topological polar surface area (TPSA) is 71.1 Å². The van der Waals surface area contributed by atoms with Crippen LogP contribution in [0.5, 0.6) is 23.0 Å². The lowest BCUT2D eigenvalue weighted by atomic mass is 10.1. The first kappa shape index (κ1) is 33.0.